The van der Waals surface area contributed by atoms with Gasteiger partial charge in [-0.1, -0.05) is 38.3 Å². The van der Waals surface area contributed by atoms with Crippen molar-refractivity contribution in [3.63, 3.8) is 0 Å². The van der Waals surface area contributed by atoms with Gasteiger partial charge in [-0.25, -0.2) is 4.98 Å². The molecular weight excluding hydrogens is 340 g/mol. The number of hydrogen-bond acceptors (Lipinski definition) is 3. The second-order valence-corrected chi connectivity index (χ2v) is 7.33. The largest absolute Gasteiger partial charge is 0.356 e. The summed E-state index contributed by atoms with van der Waals surface area (Å²) >= 11 is 0. The fourth-order valence-corrected chi connectivity index (χ4v) is 3.80. The molecule has 0 saturated heterocycles. The molecule has 6 heteroatoms. The average molecular weight is 370 g/mol. The van der Waals surface area contributed by atoms with Crippen LogP contribution in [0.4, 0.5) is 0 Å². The van der Waals surface area contributed by atoms with E-state index in [1.807, 2.05) is 31.2 Å². The van der Waals surface area contributed by atoms with Crippen LogP contribution in [0.5, 0.6) is 0 Å². The first kappa shape index (κ1) is 19.4. The van der Waals surface area contributed by atoms with Crippen molar-refractivity contribution in [2.45, 2.75) is 64.3 Å². The Bertz CT molecular complexity index is 778. The fraction of sp³-hybridized carbons (Fsp3) is 0.571. The summed E-state index contributed by atoms with van der Waals surface area (Å²) in [5, 5.41) is 5.70. The second kappa shape index (κ2) is 9.53. The molecule has 2 amide bonds. The number of carbonyl (C=O) groups is 2. The minimum Gasteiger partial charge on any atom is -0.356 e. The summed E-state index contributed by atoms with van der Waals surface area (Å²) in [5.74, 6) is 1.37. The normalized spacial score (nSPS) is 15.0. The standard InChI is InChI=1S/C21H30N4O2/c1-2-13-22-19(26)12-14-23-20(27)15-25-18-11-7-6-10-17(18)24-21(25)16-8-4-3-5-9-16/h6-7,10-11,16H,2-5,8-9,12-15H2,1H3,(H,22,26)(H,23,27). The van der Waals surface area contributed by atoms with Gasteiger partial charge in [-0.15, -0.1) is 0 Å². The van der Waals surface area contributed by atoms with Gasteiger partial charge in [0.05, 0.1) is 11.0 Å². The van der Waals surface area contributed by atoms with Crippen LogP contribution in [-0.2, 0) is 16.1 Å². The zero-order valence-electron chi connectivity index (χ0n) is 16.2. The Labute approximate surface area is 160 Å². The van der Waals surface area contributed by atoms with E-state index in [0.29, 0.717) is 25.4 Å². The van der Waals surface area contributed by atoms with Crippen molar-refractivity contribution in [1.29, 1.82) is 0 Å². The minimum atomic E-state index is -0.0708. The first-order valence-electron chi connectivity index (χ1n) is 10.2. The molecule has 146 valence electrons. The Morgan fingerprint density at radius 1 is 1.07 bits per heavy atom. The predicted molar refractivity (Wildman–Crippen MR) is 106 cm³/mol. The molecule has 27 heavy (non-hydrogen) atoms. The zero-order chi connectivity index (χ0) is 19.1. The van der Waals surface area contributed by atoms with Crippen LogP contribution in [-0.4, -0.2) is 34.5 Å². The summed E-state index contributed by atoms with van der Waals surface area (Å²) in [6.07, 6.45) is 7.25. The monoisotopic (exact) mass is 370 g/mol. The lowest BCUT2D eigenvalue weighted by Gasteiger charge is -2.22. The van der Waals surface area contributed by atoms with E-state index in [-0.39, 0.29) is 18.4 Å². The molecule has 1 aromatic heterocycles. The van der Waals surface area contributed by atoms with Gasteiger partial charge in [0.15, 0.2) is 0 Å². The van der Waals surface area contributed by atoms with Crippen molar-refractivity contribution in [3.05, 3.63) is 30.1 Å². The Morgan fingerprint density at radius 3 is 2.59 bits per heavy atom. The average Bonchev–Trinajstić information content (AvgIpc) is 3.05. The predicted octanol–water partition coefficient (Wildman–Crippen LogP) is 3.12. The molecule has 1 aliphatic carbocycles. The van der Waals surface area contributed by atoms with Crippen LogP contribution in [0, 0.1) is 0 Å². The Hall–Kier alpha value is -2.37. The van der Waals surface area contributed by atoms with Crippen LogP contribution in [0.25, 0.3) is 11.0 Å². The number of amides is 2. The number of para-hydroxylation sites is 2. The molecule has 0 bridgehead atoms. The molecule has 3 rings (SSSR count). The van der Waals surface area contributed by atoms with Crippen LogP contribution in [0.3, 0.4) is 0 Å². The van der Waals surface area contributed by atoms with Crippen LogP contribution in [0.2, 0.25) is 0 Å². The molecule has 1 saturated carbocycles. The molecule has 0 aliphatic heterocycles. The molecule has 1 heterocycles. The second-order valence-electron chi connectivity index (χ2n) is 7.33. The smallest absolute Gasteiger partial charge is 0.240 e. The van der Waals surface area contributed by atoms with Gasteiger partial charge in [-0.2, -0.15) is 0 Å². The van der Waals surface area contributed by atoms with Gasteiger partial charge in [-0.3, -0.25) is 9.59 Å². The van der Waals surface area contributed by atoms with Gasteiger partial charge >= 0.3 is 0 Å². The third-order valence-corrected chi connectivity index (χ3v) is 5.20. The van der Waals surface area contributed by atoms with Gasteiger partial charge in [0.1, 0.15) is 12.4 Å². The van der Waals surface area contributed by atoms with Gasteiger partial charge in [0.2, 0.25) is 11.8 Å². The van der Waals surface area contributed by atoms with E-state index in [9.17, 15) is 9.59 Å². The van der Waals surface area contributed by atoms with E-state index in [0.717, 1.165) is 36.1 Å². The molecular formula is C21H30N4O2. The van der Waals surface area contributed by atoms with E-state index >= 15 is 0 Å². The van der Waals surface area contributed by atoms with Gasteiger partial charge in [-0.05, 0) is 31.4 Å². The van der Waals surface area contributed by atoms with E-state index in [2.05, 4.69) is 15.2 Å². The molecule has 1 aromatic carbocycles. The van der Waals surface area contributed by atoms with E-state index in [1.54, 1.807) is 0 Å². The number of carbonyl (C=O) groups excluding carboxylic acids is 2. The maximum Gasteiger partial charge on any atom is 0.240 e. The zero-order valence-corrected chi connectivity index (χ0v) is 16.2. The summed E-state index contributed by atoms with van der Waals surface area (Å²) in [5.41, 5.74) is 1.96. The fourth-order valence-electron chi connectivity index (χ4n) is 3.80. The van der Waals surface area contributed by atoms with Crippen LogP contribution in [0.15, 0.2) is 24.3 Å². The molecule has 2 N–H and O–H groups in total. The third-order valence-electron chi connectivity index (χ3n) is 5.20. The van der Waals surface area contributed by atoms with Crippen molar-refractivity contribution >= 4 is 22.8 Å². The summed E-state index contributed by atoms with van der Waals surface area (Å²) in [6, 6.07) is 8.01. The first-order chi connectivity index (χ1) is 13.2. The molecule has 1 aliphatic rings. The maximum absolute atomic E-state index is 12.5. The number of imidazole rings is 1. The van der Waals surface area contributed by atoms with Crippen molar-refractivity contribution < 1.29 is 9.59 Å². The number of nitrogens with one attached hydrogen (secondary N) is 2. The van der Waals surface area contributed by atoms with E-state index in [4.69, 9.17) is 4.98 Å². The summed E-state index contributed by atoms with van der Waals surface area (Å²) < 4.78 is 2.07. The molecule has 0 atom stereocenters. The third kappa shape index (κ3) is 5.08. The molecule has 0 spiro atoms. The van der Waals surface area contributed by atoms with Crippen molar-refractivity contribution in [2.24, 2.45) is 0 Å². The minimum absolute atomic E-state index is 0.0203. The first-order valence-corrected chi connectivity index (χ1v) is 10.2. The van der Waals surface area contributed by atoms with Gasteiger partial charge < -0.3 is 15.2 Å². The summed E-state index contributed by atoms with van der Waals surface area (Å²) in [4.78, 5) is 29.0. The lowest BCUT2D eigenvalue weighted by Crippen LogP contribution is -2.33. The number of aromatic nitrogens is 2. The Kier molecular flexibility index (Phi) is 6.85. The highest BCUT2D eigenvalue weighted by Crippen LogP contribution is 2.33. The van der Waals surface area contributed by atoms with Crippen molar-refractivity contribution in [3.8, 4) is 0 Å². The molecule has 0 radical (unpaired) electrons. The Morgan fingerprint density at radius 2 is 1.81 bits per heavy atom. The lowest BCUT2D eigenvalue weighted by molar-refractivity contribution is -0.122. The maximum atomic E-state index is 12.5. The van der Waals surface area contributed by atoms with Crippen molar-refractivity contribution in [2.75, 3.05) is 13.1 Å². The van der Waals surface area contributed by atoms with Gasteiger partial charge in [0, 0.05) is 25.4 Å². The number of fused-ring (bicyclic) bond motifs is 1. The molecule has 2 aromatic rings. The van der Waals surface area contributed by atoms with E-state index < -0.39 is 0 Å². The number of rotatable bonds is 8. The van der Waals surface area contributed by atoms with Gasteiger partial charge in [0.25, 0.3) is 0 Å². The van der Waals surface area contributed by atoms with Crippen molar-refractivity contribution in [1.82, 2.24) is 20.2 Å². The van der Waals surface area contributed by atoms with Crippen LogP contribution in [0.1, 0.15) is 63.6 Å². The SMILES string of the molecule is CCCNC(=O)CCNC(=O)Cn1c(C2CCCCC2)nc2ccccc21. The number of hydrogen-bond donors (Lipinski definition) is 2. The van der Waals surface area contributed by atoms with Crippen LogP contribution < -0.4 is 10.6 Å². The lowest BCUT2D eigenvalue weighted by atomic mass is 9.88. The summed E-state index contributed by atoms with van der Waals surface area (Å²) in [6.45, 7) is 3.31. The molecule has 0 unspecified atom stereocenters. The number of benzene rings is 1. The topological polar surface area (TPSA) is 76.0 Å². The Balaban J connectivity index is 1.66. The number of nitrogens with zero attached hydrogens (tertiary/aromatic N) is 2. The highest BCUT2D eigenvalue weighted by atomic mass is 16.2. The van der Waals surface area contributed by atoms with Crippen LogP contribution >= 0.6 is 0 Å². The highest BCUT2D eigenvalue weighted by Gasteiger charge is 2.23. The highest BCUT2D eigenvalue weighted by molar-refractivity contribution is 5.82. The summed E-state index contributed by atoms with van der Waals surface area (Å²) in [7, 11) is 0. The van der Waals surface area contributed by atoms with E-state index in [1.165, 1.54) is 19.3 Å². The molecule has 1 fully saturated rings. The quantitative estimate of drug-likeness (QED) is 0.750. The molecule has 6 nitrogen and oxygen atoms in total.